The summed E-state index contributed by atoms with van der Waals surface area (Å²) in [7, 11) is 1.92. The molecule has 1 N–H and O–H groups in total. The van der Waals surface area contributed by atoms with Crippen LogP contribution in [0.5, 0.6) is 11.5 Å². The van der Waals surface area contributed by atoms with E-state index in [0.717, 1.165) is 36.3 Å². The smallest absolute Gasteiger partial charge is 0.250 e. The molecule has 3 rings (SSSR count). The zero-order chi connectivity index (χ0) is 19.1. The number of para-hydroxylation sites is 1. The van der Waals surface area contributed by atoms with Crippen molar-refractivity contribution in [3.8, 4) is 11.5 Å². The van der Waals surface area contributed by atoms with Gasteiger partial charge in [-0.3, -0.25) is 0 Å². The average Bonchev–Trinajstić information content (AvgIpc) is 3.34. The number of aromatic nitrogens is 2. The molecule has 28 heavy (non-hydrogen) atoms. The Morgan fingerprint density at radius 3 is 2.79 bits per heavy atom. The van der Waals surface area contributed by atoms with Crippen LogP contribution in [-0.4, -0.2) is 35.9 Å². The molecule has 7 heteroatoms. The maximum Gasteiger partial charge on any atom is 0.250 e. The molecule has 6 nitrogen and oxygen atoms in total. The summed E-state index contributed by atoms with van der Waals surface area (Å²) >= 11 is 0. The van der Waals surface area contributed by atoms with Crippen LogP contribution in [-0.2, 0) is 6.42 Å². The second kappa shape index (κ2) is 11.1. The molecule has 0 amide bonds. The Balaban J connectivity index is 0.00000280. The molecule has 1 saturated carbocycles. The van der Waals surface area contributed by atoms with E-state index in [0.29, 0.717) is 24.4 Å². The highest BCUT2D eigenvalue weighted by molar-refractivity contribution is 5.85. The lowest BCUT2D eigenvalue weighted by Gasteiger charge is -2.18. The van der Waals surface area contributed by atoms with E-state index in [1.165, 1.54) is 12.8 Å². The molecule has 0 bridgehead atoms. The van der Waals surface area contributed by atoms with Gasteiger partial charge in [-0.1, -0.05) is 17.3 Å². The zero-order valence-corrected chi connectivity index (χ0v) is 17.6. The van der Waals surface area contributed by atoms with Gasteiger partial charge in [-0.05, 0) is 58.7 Å². The Labute approximate surface area is 173 Å². The van der Waals surface area contributed by atoms with Crippen LogP contribution in [0.4, 0.5) is 0 Å². The van der Waals surface area contributed by atoms with Gasteiger partial charge >= 0.3 is 0 Å². The molecule has 2 aromatic rings. The second-order valence-corrected chi connectivity index (χ2v) is 6.91. The number of nitrogens with one attached hydrogen (secondary N) is 1. The fourth-order valence-electron chi connectivity index (χ4n) is 3.19. The maximum atomic E-state index is 6.30. The van der Waals surface area contributed by atoms with Crippen molar-refractivity contribution in [3.63, 3.8) is 0 Å². The first-order valence-electron chi connectivity index (χ1n) is 9.80. The van der Waals surface area contributed by atoms with Gasteiger partial charge in [-0.2, -0.15) is 4.98 Å². The molecular formula is C21H30ClN3O3. The molecule has 1 aliphatic carbocycles. The van der Waals surface area contributed by atoms with Crippen LogP contribution in [0.25, 0.3) is 12.2 Å². The fourth-order valence-corrected chi connectivity index (χ4v) is 3.19. The molecule has 0 aliphatic heterocycles. The van der Waals surface area contributed by atoms with E-state index < -0.39 is 0 Å². The molecular weight excluding hydrogens is 378 g/mol. The normalized spacial score (nSPS) is 15.5. The lowest BCUT2D eigenvalue weighted by atomic mass is 10.1. The highest BCUT2D eigenvalue weighted by Gasteiger charge is 2.20. The SMILES string of the molecule is CCOc1cccc(/C=C/c2nc(CC(C)NC)no2)c1OC1CCCC1.Cl. The Morgan fingerprint density at radius 2 is 2.07 bits per heavy atom. The van der Waals surface area contributed by atoms with Gasteiger partial charge in [0.05, 0.1) is 12.7 Å². The number of hydrogen-bond donors (Lipinski definition) is 1. The highest BCUT2D eigenvalue weighted by Crippen LogP contribution is 2.36. The van der Waals surface area contributed by atoms with E-state index in [1.54, 1.807) is 0 Å². The molecule has 1 heterocycles. The van der Waals surface area contributed by atoms with Gasteiger partial charge in [0.1, 0.15) is 0 Å². The maximum absolute atomic E-state index is 6.30. The second-order valence-electron chi connectivity index (χ2n) is 6.91. The minimum Gasteiger partial charge on any atom is -0.490 e. The fraction of sp³-hybridized carbons (Fsp3) is 0.524. The third-order valence-corrected chi connectivity index (χ3v) is 4.77. The van der Waals surface area contributed by atoms with E-state index in [4.69, 9.17) is 14.0 Å². The number of benzene rings is 1. The van der Waals surface area contributed by atoms with E-state index >= 15 is 0 Å². The Bertz CT molecular complexity index is 757. The molecule has 154 valence electrons. The van der Waals surface area contributed by atoms with Crippen LogP contribution in [0.2, 0.25) is 0 Å². The summed E-state index contributed by atoms with van der Waals surface area (Å²) in [5.41, 5.74) is 0.955. The van der Waals surface area contributed by atoms with E-state index in [1.807, 2.05) is 44.3 Å². The van der Waals surface area contributed by atoms with Crippen molar-refractivity contribution in [3.05, 3.63) is 35.5 Å². The van der Waals surface area contributed by atoms with Gasteiger partial charge in [0.15, 0.2) is 17.3 Å². The number of halogens is 1. The van der Waals surface area contributed by atoms with Crippen molar-refractivity contribution in [1.29, 1.82) is 0 Å². The third-order valence-electron chi connectivity index (χ3n) is 4.77. The Hall–Kier alpha value is -2.05. The van der Waals surface area contributed by atoms with E-state index in [9.17, 15) is 0 Å². The minimum atomic E-state index is 0. The largest absolute Gasteiger partial charge is 0.490 e. The van der Waals surface area contributed by atoms with Gasteiger partial charge in [0.25, 0.3) is 5.89 Å². The summed E-state index contributed by atoms with van der Waals surface area (Å²) in [6.45, 7) is 4.66. The molecule has 1 aromatic carbocycles. The van der Waals surface area contributed by atoms with Crippen molar-refractivity contribution >= 4 is 24.6 Å². The van der Waals surface area contributed by atoms with Gasteiger partial charge in [0.2, 0.25) is 0 Å². The summed E-state index contributed by atoms with van der Waals surface area (Å²) in [5, 5.41) is 7.21. The topological polar surface area (TPSA) is 69.4 Å². The third kappa shape index (κ3) is 5.97. The van der Waals surface area contributed by atoms with Crippen molar-refractivity contribution in [1.82, 2.24) is 15.5 Å². The molecule has 1 aromatic heterocycles. The number of likely N-dealkylation sites (N-methyl/N-ethyl adjacent to an activating group) is 1. The molecule has 0 spiro atoms. The van der Waals surface area contributed by atoms with Crippen LogP contribution in [0.1, 0.15) is 56.8 Å². The van der Waals surface area contributed by atoms with E-state index in [-0.39, 0.29) is 18.5 Å². The lowest BCUT2D eigenvalue weighted by Crippen LogP contribution is -2.24. The van der Waals surface area contributed by atoms with Gasteiger partial charge in [-0.15, -0.1) is 12.4 Å². The molecule has 0 saturated heterocycles. The van der Waals surface area contributed by atoms with Crippen LogP contribution in [0, 0.1) is 0 Å². The number of ether oxygens (including phenoxy) is 2. The average molecular weight is 408 g/mol. The highest BCUT2D eigenvalue weighted by atomic mass is 35.5. The first-order chi connectivity index (χ1) is 13.2. The van der Waals surface area contributed by atoms with Crippen LogP contribution in [0.15, 0.2) is 22.7 Å². The van der Waals surface area contributed by atoms with Crippen molar-refractivity contribution in [2.75, 3.05) is 13.7 Å². The summed E-state index contributed by atoms with van der Waals surface area (Å²) in [6, 6.07) is 6.24. The van der Waals surface area contributed by atoms with Crippen LogP contribution >= 0.6 is 12.4 Å². The molecule has 1 atom stereocenters. The lowest BCUT2D eigenvalue weighted by molar-refractivity contribution is 0.196. The first-order valence-corrected chi connectivity index (χ1v) is 9.80. The predicted molar refractivity (Wildman–Crippen MR) is 113 cm³/mol. The summed E-state index contributed by atoms with van der Waals surface area (Å²) < 4.78 is 17.4. The van der Waals surface area contributed by atoms with Crippen molar-refractivity contribution in [2.45, 2.75) is 58.1 Å². The molecule has 1 fully saturated rings. The predicted octanol–water partition coefficient (Wildman–Crippen LogP) is 4.53. The van der Waals surface area contributed by atoms with Crippen LogP contribution < -0.4 is 14.8 Å². The Morgan fingerprint density at radius 1 is 1.29 bits per heavy atom. The van der Waals surface area contributed by atoms with Gasteiger partial charge < -0.3 is 19.3 Å². The van der Waals surface area contributed by atoms with Crippen molar-refractivity contribution < 1.29 is 14.0 Å². The quantitative estimate of drug-likeness (QED) is 0.658. The first kappa shape index (κ1) is 22.2. The number of hydrogen-bond acceptors (Lipinski definition) is 6. The number of rotatable bonds is 9. The van der Waals surface area contributed by atoms with Gasteiger partial charge in [0, 0.05) is 24.1 Å². The van der Waals surface area contributed by atoms with E-state index in [2.05, 4.69) is 22.4 Å². The van der Waals surface area contributed by atoms with Crippen LogP contribution in [0.3, 0.4) is 0 Å². The summed E-state index contributed by atoms with van der Waals surface area (Å²) in [5.74, 6) is 2.76. The molecule has 0 radical (unpaired) electrons. The zero-order valence-electron chi connectivity index (χ0n) is 16.8. The minimum absolute atomic E-state index is 0. The molecule has 1 aliphatic rings. The Kier molecular flexibility index (Phi) is 8.80. The summed E-state index contributed by atoms with van der Waals surface area (Å²) in [4.78, 5) is 4.43. The van der Waals surface area contributed by atoms with Crippen molar-refractivity contribution in [2.24, 2.45) is 0 Å². The molecule has 1 unspecified atom stereocenters. The van der Waals surface area contributed by atoms with Gasteiger partial charge in [-0.25, -0.2) is 0 Å². The monoisotopic (exact) mass is 407 g/mol. The standard InChI is InChI=1S/C21H29N3O3.ClH/c1-4-25-18-11-7-8-16(21(18)26-17-9-5-6-10-17)12-13-20-23-19(24-27-20)14-15(2)22-3;/h7-8,11-13,15,17,22H,4-6,9-10,14H2,1-3H3;1H/b13-12+;. The summed E-state index contributed by atoms with van der Waals surface area (Å²) in [6.07, 6.45) is 9.41. The number of nitrogens with zero attached hydrogens (tertiary/aromatic N) is 2.